The lowest BCUT2D eigenvalue weighted by Crippen LogP contribution is -2.45. The zero-order valence-electron chi connectivity index (χ0n) is 19.0. The van der Waals surface area contributed by atoms with Crippen molar-refractivity contribution in [3.05, 3.63) is 24.3 Å². The van der Waals surface area contributed by atoms with E-state index in [1.807, 2.05) is 24.3 Å². The Balaban J connectivity index is 1.49. The minimum absolute atomic E-state index is 0.00541. The lowest BCUT2D eigenvalue weighted by Gasteiger charge is -2.31. The van der Waals surface area contributed by atoms with Gasteiger partial charge in [0.1, 0.15) is 18.0 Å². The maximum absolute atomic E-state index is 13.1. The predicted molar refractivity (Wildman–Crippen MR) is 122 cm³/mol. The second-order valence-electron chi connectivity index (χ2n) is 9.11. The van der Waals surface area contributed by atoms with Crippen LogP contribution in [0, 0.1) is 5.92 Å². The van der Waals surface area contributed by atoms with Crippen LogP contribution >= 0.6 is 0 Å². The molecular weight excluding hydrogens is 376 g/mol. The molecule has 0 radical (unpaired) electrons. The van der Waals surface area contributed by atoms with E-state index in [-0.39, 0.29) is 5.91 Å². The number of piperidine rings is 1. The molecule has 1 aliphatic carbocycles. The minimum Gasteiger partial charge on any atom is -0.492 e. The van der Waals surface area contributed by atoms with Crippen molar-refractivity contribution in [2.75, 3.05) is 38.2 Å². The molecular formula is C25H40N2O3. The fourth-order valence-electron chi connectivity index (χ4n) is 4.49. The molecule has 5 nitrogen and oxygen atoms in total. The van der Waals surface area contributed by atoms with E-state index in [9.17, 15) is 4.79 Å². The van der Waals surface area contributed by atoms with Crippen molar-refractivity contribution in [3.8, 4) is 5.75 Å². The fraction of sp³-hybridized carbons (Fsp3) is 0.720. The Morgan fingerprint density at radius 1 is 1.07 bits per heavy atom. The van der Waals surface area contributed by atoms with Gasteiger partial charge in [0, 0.05) is 18.8 Å². The molecule has 1 aliphatic heterocycles. The summed E-state index contributed by atoms with van der Waals surface area (Å²) < 4.78 is 12.1. The van der Waals surface area contributed by atoms with Crippen LogP contribution in [0.1, 0.15) is 71.6 Å². The first-order chi connectivity index (χ1) is 14.6. The Labute approximate surface area is 182 Å². The SMILES string of the molecule is CCCOC1(C(=O)Nc2ccc(OCCN3CCC(C)CC3)cc2)CCCCCC1. The van der Waals surface area contributed by atoms with E-state index >= 15 is 0 Å². The quantitative estimate of drug-likeness (QED) is 0.558. The van der Waals surface area contributed by atoms with Crippen LogP contribution in [0.15, 0.2) is 24.3 Å². The highest BCUT2D eigenvalue weighted by atomic mass is 16.5. The van der Waals surface area contributed by atoms with Crippen LogP contribution in [0.2, 0.25) is 0 Å². The zero-order chi connectivity index (χ0) is 21.2. The molecule has 1 saturated heterocycles. The minimum atomic E-state index is -0.673. The number of carbonyl (C=O) groups is 1. The van der Waals surface area contributed by atoms with Gasteiger partial charge >= 0.3 is 0 Å². The molecule has 0 unspecified atom stereocenters. The van der Waals surface area contributed by atoms with Gasteiger partial charge in [-0.3, -0.25) is 9.69 Å². The largest absolute Gasteiger partial charge is 0.492 e. The maximum Gasteiger partial charge on any atom is 0.256 e. The lowest BCUT2D eigenvalue weighted by atomic mass is 9.92. The number of rotatable bonds is 9. The van der Waals surface area contributed by atoms with E-state index in [1.165, 1.54) is 38.8 Å². The highest BCUT2D eigenvalue weighted by molar-refractivity contribution is 5.97. The van der Waals surface area contributed by atoms with Crippen LogP contribution in [0.4, 0.5) is 5.69 Å². The van der Waals surface area contributed by atoms with Crippen LogP contribution in [-0.2, 0) is 9.53 Å². The van der Waals surface area contributed by atoms with Crippen molar-refractivity contribution in [2.45, 2.75) is 77.2 Å². The highest BCUT2D eigenvalue weighted by Gasteiger charge is 2.39. The Hall–Kier alpha value is -1.59. The van der Waals surface area contributed by atoms with Crippen LogP contribution in [0.5, 0.6) is 5.75 Å². The number of hydrogen-bond acceptors (Lipinski definition) is 4. The third-order valence-corrected chi connectivity index (χ3v) is 6.57. The molecule has 3 rings (SSSR count). The molecule has 0 atom stereocenters. The number of likely N-dealkylation sites (tertiary alicyclic amines) is 1. The molecule has 1 saturated carbocycles. The van der Waals surface area contributed by atoms with Gasteiger partial charge in [0.2, 0.25) is 0 Å². The number of hydrogen-bond donors (Lipinski definition) is 1. The smallest absolute Gasteiger partial charge is 0.256 e. The number of ether oxygens (including phenoxy) is 2. The average Bonchev–Trinajstić information content (AvgIpc) is 3.01. The summed E-state index contributed by atoms with van der Waals surface area (Å²) in [5, 5.41) is 3.10. The van der Waals surface area contributed by atoms with E-state index in [2.05, 4.69) is 24.1 Å². The zero-order valence-corrected chi connectivity index (χ0v) is 19.0. The number of nitrogens with one attached hydrogen (secondary N) is 1. The van der Waals surface area contributed by atoms with Crippen molar-refractivity contribution in [1.29, 1.82) is 0 Å². The summed E-state index contributed by atoms with van der Waals surface area (Å²) >= 11 is 0. The van der Waals surface area contributed by atoms with Crippen molar-refractivity contribution >= 4 is 11.6 Å². The summed E-state index contributed by atoms with van der Waals surface area (Å²) in [7, 11) is 0. The standard InChI is InChI=1S/C25H40N2O3/c1-3-19-30-25(14-6-4-5-7-15-25)24(28)26-22-8-10-23(11-9-22)29-20-18-27-16-12-21(2)13-17-27/h8-11,21H,3-7,12-20H2,1-2H3,(H,26,28). The lowest BCUT2D eigenvalue weighted by molar-refractivity contribution is -0.143. The van der Waals surface area contributed by atoms with Gasteiger partial charge in [0.15, 0.2) is 0 Å². The van der Waals surface area contributed by atoms with Crippen LogP contribution in [0.25, 0.3) is 0 Å². The second-order valence-corrected chi connectivity index (χ2v) is 9.11. The maximum atomic E-state index is 13.1. The third kappa shape index (κ3) is 6.71. The molecule has 1 amide bonds. The van der Waals surface area contributed by atoms with E-state index in [0.29, 0.717) is 13.2 Å². The third-order valence-electron chi connectivity index (χ3n) is 6.57. The average molecular weight is 417 g/mol. The Kier molecular flexibility index (Phi) is 9.01. The summed E-state index contributed by atoms with van der Waals surface area (Å²) in [4.78, 5) is 15.6. The number of anilines is 1. The number of nitrogens with zero attached hydrogens (tertiary/aromatic N) is 1. The van der Waals surface area contributed by atoms with E-state index in [0.717, 1.165) is 56.0 Å². The molecule has 168 valence electrons. The molecule has 2 fully saturated rings. The van der Waals surface area contributed by atoms with Gasteiger partial charge in [0.25, 0.3) is 5.91 Å². The van der Waals surface area contributed by atoms with Gasteiger partial charge in [0.05, 0.1) is 0 Å². The predicted octanol–water partition coefficient (Wildman–Crippen LogP) is 5.26. The fourth-order valence-corrected chi connectivity index (χ4v) is 4.49. The molecule has 1 aromatic carbocycles. The van der Waals surface area contributed by atoms with Gasteiger partial charge in [-0.05, 0) is 75.4 Å². The molecule has 1 aromatic rings. The van der Waals surface area contributed by atoms with Gasteiger partial charge in [-0.25, -0.2) is 0 Å². The van der Waals surface area contributed by atoms with E-state index in [4.69, 9.17) is 9.47 Å². The highest BCUT2D eigenvalue weighted by Crippen LogP contribution is 2.32. The summed E-state index contributed by atoms with van der Waals surface area (Å²) in [5.74, 6) is 1.71. The Morgan fingerprint density at radius 3 is 2.37 bits per heavy atom. The van der Waals surface area contributed by atoms with E-state index < -0.39 is 5.60 Å². The monoisotopic (exact) mass is 416 g/mol. The van der Waals surface area contributed by atoms with Gasteiger partial charge in [-0.15, -0.1) is 0 Å². The number of carbonyl (C=O) groups excluding carboxylic acids is 1. The van der Waals surface area contributed by atoms with Gasteiger partial charge < -0.3 is 14.8 Å². The molecule has 0 bridgehead atoms. The van der Waals surface area contributed by atoms with Crippen LogP contribution in [0.3, 0.4) is 0 Å². The van der Waals surface area contributed by atoms with Crippen molar-refractivity contribution in [3.63, 3.8) is 0 Å². The molecule has 1 N–H and O–H groups in total. The first-order valence-corrected chi connectivity index (χ1v) is 12.0. The molecule has 1 heterocycles. The van der Waals surface area contributed by atoms with Gasteiger partial charge in [-0.2, -0.15) is 0 Å². The van der Waals surface area contributed by atoms with Crippen molar-refractivity contribution < 1.29 is 14.3 Å². The topological polar surface area (TPSA) is 50.8 Å². The van der Waals surface area contributed by atoms with Crippen molar-refractivity contribution in [2.24, 2.45) is 5.92 Å². The first-order valence-electron chi connectivity index (χ1n) is 12.0. The number of benzene rings is 1. The molecule has 0 spiro atoms. The summed E-state index contributed by atoms with van der Waals surface area (Å²) in [5.41, 5.74) is 0.134. The normalized spacial score (nSPS) is 20.5. The molecule has 2 aliphatic rings. The Bertz CT molecular complexity index is 630. The molecule has 0 aromatic heterocycles. The van der Waals surface area contributed by atoms with Crippen LogP contribution < -0.4 is 10.1 Å². The summed E-state index contributed by atoms with van der Waals surface area (Å²) in [6.45, 7) is 9.09. The Morgan fingerprint density at radius 2 is 1.73 bits per heavy atom. The molecule has 30 heavy (non-hydrogen) atoms. The van der Waals surface area contributed by atoms with E-state index in [1.54, 1.807) is 0 Å². The first kappa shape index (κ1) is 23.1. The van der Waals surface area contributed by atoms with Gasteiger partial charge in [-0.1, -0.05) is 39.5 Å². The number of amides is 1. The molecule has 5 heteroatoms. The second kappa shape index (κ2) is 11.7. The van der Waals surface area contributed by atoms with Crippen molar-refractivity contribution in [1.82, 2.24) is 4.90 Å². The summed E-state index contributed by atoms with van der Waals surface area (Å²) in [6, 6.07) is 7.75. The van der Waals surface area contributed by atoms with Crippen LogP contribution in [-0.4, -0.2) is 49.3 Å². The summed E-state index contributed by atoms with van der Waals surface area (Å²) in [6.07, 6.45) is 9.62.